The van der Waals surface area contributed by atoms with Crippen molar-refractivity contribution in [3.8, 4) is 5.69 Å². The van der Waals surface area contributed by atoms with Gasteiger partial charge in [0.05, 0.1) is 18.8 Å². The molecule has 2 aromatic rings. The zero-order valence-electron chi connectivity index (χ0n) is 12.5. The summed E-state index contributed by atoms with van der Waals surface area (Å²) >= 11 is 0. The summed E-state index contributed by atoms with van der Waals surface area (Å²) in [6.07, 6.45) is 4.41. The Morgan fingerprint density at radius 1 is 1.26 bits per heavy atom. The molecule has 7 nitrogen and oxygen atoms in total. The summed E-state index contributed by atoms with van der Waals surface area (Å²) in [6, 6.07) is 5.69. The van der Waals surface area contributed by atoms with E-state index in [1.54, 1.807) is 16.7 Å². The maximum Gasteiger partial charge on any atom is 0.269 e. The van der Waals surface area contributed by atoms with E-state index in [1.165, 1.54) is 24.7 Å². The van der Waals surface area contributed by atoms with Crippen molar-refractivity contribution in [2.24, 2.45) is 0 Å². The van der Waals surface area contributed by atoms with Crippen molar-refractivity contribution < 1.29 is 17.6 Å². The molecule has 0 atom stereocenters. The Labute approximate surface area is 133 Å². The van der Waals surface area contributed by atoms with Crippen LogP contribution in [0.3, 0.4) is 0 Å². The average molecular weight is 340 g/mol. The highest BCUT2D eigenvalue weighted by atomic mass is 32.2. The second-order valence-electron chi connectivity index (χ2n) is 4.90. The molecule has 0 unspecified atom stereocenters. The van der Waals surface area contributed by atoms with E-state index in [2.05, 4.69) is 15.0 Å². The first-order chi connectivity index (χ1) is 10.9. The van der Waals surface area contributed by atoms with E-state index >= 15 is 0 Å². The second kappa shape index (κ2) is 7.34. The Morgan fingerprint density at radius 3 is 2.61 bits per heavy atom. The lowest BCUT2D eigenvalue weighted by Crippen LogP contribution is -2.30. The Kier molecular flexibility index (Phi) is 5.45. The smallest absolute Gasteiger partial charge is 0.269 e. The van der Waals surface area contributed by atoms with Gasteiger partial charge in [0.2, 0.25) is 10.0 Å². The van der Waals surface area contributed by atoms with Crippen LogP contribution in [0.5, 0.6) is 0 Å². The fraction of sp³-hybridized carbons (Fsp3) is 0.286. The highest BCUT2D eigenvalue weighted by molar-refractivity contribution is 7.88. The second-order valence-corrected chi connectivity index (χ2v) is 6.73. The molecular weight excluding hydrogens is 323 g/mol. The van der Waals surface area contributed by atoms with Crippen molar-refractivity contribution in [3.63, 3.8) is 0 Å². The first kappa shape index (κ1) is 17.1. The number of rotatable bonds is 7. The number of nitrogens with zero attached hydrogens (tertiary/aromatic N) is 2. The third kappa shape index (κ3) is 5.15. The largest absolute Gasteiger partial charge is 0.351 e. The van der Waals surface area contributed by atoms with E-state index in [9.17, 15) is 17.6 Å². The standard InChI is InChI=1S/C14H17FN4O3S/c1-23(21,22)18-8-2-7-17-14(20)13-9-16-10-19(13)12-5-3-11(15)4-6-12/h3-6,9-10,18H,2,7-8H2,1H3,(H,17,20). The summed E-state index contributed by atoms with van der Waals surface area (Å²) in [6.45, 7) is 0.562. The fourth-order valence-corrected chi connectivity index (χ4v) is 2.42. The summed E-state index contributed by atoms with van der Waals surface area (Å²) in [4.78, 5) is 16.1. The predicted molar refractivity (Wildman–Crippen MR) is 83.3 cm³/mol. The number of nitrogens with one attached hydrogen (secondary N) is 2. The molecule has 1 aromatic carbocycles. The van der Waals surface area contributed by atoms with Gasteiger partial charge in [0.15, 0.2) is 0 Å². The molecule has 0 aliphatic heterocycles. The molecule has 9 heteroatoms. The van der Waals surface area contributed by atoms with Gasteiger partial charge in [-0.3, -0.25) is 9.36 Å². The summed E-state index contributed by atoms with van der Waals surface area (Å²) in [5.74, 6) is -0.704. The summed E-state index contributed by atoms with van der Waals surface area (Å²) in [7, 11) is -3.22. The zero-order valence-corrected chi connectivity index (χ0v) is 13.3. The molecule has 0 fully saturated rings. The number of hydrogen-bond acceptors (Lipinski definition) is 4. The maximum atomic E-state index is 13.0. The van der Waals surface area contributed by atoms with Gasteiger partial charge in [-0.05, 0) is 30.7 Å². The van der Waals surface area contributed by atoms with Crippen LogP contribution in [0.2, 0.25) is 0 Å². The van der Waals surface area contributed by atoms with E-state index < -0.39 is 10.0 Å². The van der Waals surface area contributed by atoms with Crippen molar-refractivity contribution in [1.29, 1.82) is 0 Å². The van der Waals surface area contributed by atoms with E-state index in [4.69, 9.17) is 0 Å². The van der Waals surface area contributed by atoms with Crippen LogP contribution < -0.4 is 10.0 Å². The van der Waals surface area contributed by atoms with Crippen LogP contribution >= 0.6 is 0 Å². The van der Waals surface area contributed by atoms with Crippen molar-refractivity contribution in [2.45, 2.75) is 6.42 Å². The number of benzene rings is 1. The van der Waals surface area contributed by atoms with E-state index in [-0.39, 0.29) is 18.3 Å². The molecule has 23 heavy (non-hydrogen) atoms. The fourth-order valence-electron chi connectivity index (χ4n) is 1.91. The van der Waals surface area contributed by atoms with E-state index in [0.717, 1.165) is 6.26 Å². The number of imidazole rings is 1. The van der Waals surface area contributed by atoms with Crippen molar-refractivity contribution >= 4 is 15.9 Å². The normalized spacial score (nSPS) is 11.4. The molecule has 0 radical (unpaired) electrons. The van der Waals surface area contributed by atoms with E-state index in [1.807, 2.05) is 0 Å². The molecule has 0 aliphatic carbocycles. The molecule has 1 heterocycles. The van der Waals surface area contributed by atoms with Crippen LogP contribution in [-0.2, 0) is 10.0 Å². The summed E-state index contributed by atoms with van der Waals surface area (Å²) in [5.41, 5.74) is 0.931. The molecule has 1 aromatic heterocycles. The number of carbonyl (C=O) groups is 1. The summed E-state index contributed by atoms with van der Waals surface area (Å²) in [5, 5.41) is 2.68. The number of aromatic nitrogens is 2. The SMILES string of the molecule is CS(=O)(=O)NCCCNC(=O)c1cncn1-c1ccc(F)cc1. The predicted octanol–water partition coefficient (Wildman–Crippen LogP) is 0.680. The minimum absolute atomic E-state index is 0.246. The molecule has 0 spiro atoms. The van der Waals surface area contributed by atoms with Crippen LogP contribution in [0, 0.1) is 5.82 Å². The van der Waals surface area contributed by atoms with Gasteiger partial charge in [0.25, 0.3) is 5.91 Å². The van der Waals surface area contributed by atoms with Crippen LogP contribution in [0.25, 0.3) is 5.69 Å². The van der Waals surface area contributed by atoms with Crippen molar-refractivity contribution in [2.75, 3.05) is 19.3 Å². The number of sulfonamides is 1. The Hall–Kier alpha value is -2.26. The van der Waals surface area contributed by atoms with Crippen LogP contribution in [0.15, 0.2) is 36.8 Å². The van der Waals surface area contributed by atoms with Gasteiger partial charge in [-0.25, -0.2) is 22.5 Å². The van der Waals surface area contributed by atoms with Crippen LogP contribution in [-0.4, -0.2) is 43.2 Å². The lowest BCUT2D eigenvalue weighted by molar-refractivity contribution is 0.0946. The zero-order chi connectivity index (χ0) is 16.9. The maximum absolute atomic E-state index is 13.0. The van der Waals surface area contributed by atoms with Crippen molar-refractivity contribution in [1.82, 2.24) is 19.6 Å². The first-order valence-electron chi connectivity index (χ1n) is 6.88. The lowest BCUT2D eigenvalue weighted by atomic mass is 10.3. The molecule has 0 saturated carbocycles. The van der Waals surface area contributed by atoms with Crippen LogP contribution in [0.4, 0.5) is 4.39 Å². The monoisotopic (exact) mass is 340 g/mol. The minimum Gasteiger partial charge on any atom is -0.351 e. The van der Waals surface area contributed by atoms with Gasteiger partial charge in [0.1, 0.15) is 11.5 Å². The molecule has 0 aliphatic rings. The van der Waals surface area contributed by atoms with Gasteiger partial charge >= 0.3 is 0 Å². The molecule has 124 valence electrons. The quantitative estimate of drug-likeness (QED) is 0.725. The Bertz CT molecular complexity index is 772. The minimum atomic E-state index is -3.22. The number of hydrogen-bond donors (Lipinski definition) is 2. The van der Waals surface area contributed by atoms with Gasteiger partial charge in [-0.15, -0.1) is 0 Å². The molecule has 1 amide bonds. The molecule has 0 bridgehead atoms. The topological polar surface area (TPSA) is 93.1 Å². The third-order valence-electron chi connectivity index (χ3n) is 2.98. The molecule has 0 saturated heterocycles. The van der Waals surface area contributed by atoms with Gasteiger partial charge in [0, 0.05) is 18.8 Å². The average Bonchev–Trinajstić information content (AvgIpc) is 2.96. The Balaban J connectivity index is 1.93. The Morgan fingerprint density at radius 2 is 1.96 bits per heavy atom. The van der Waals surface area contributed by atoms with Gasteiger partial charge < -0.3 is 5.32 Å². The van der Waals surface area contributed by atoms with Gasteiger partial charge in [-0.2, -0.15) is 0 Å². The molecule has 2 rings (SSSR count). The van der Waals surface area contributed by atoms with Crippen LogP contribution in [0.1, 0.15) is 16.9 Å². The summed E-state index contributed by atoms with van der Waals surface area (Å²) < 4.78 is 38.7. The van der Waals surface area contributed by atoms with Crippen molar-refractivity contribution in [3.05, 3.63) is 48.3 Å². The number of carbonyl (C=O) groups excluding carboxylic acids is 1. The van der Waals surface area contributed by atoms with E-state index in [0.29, 0.717) is 24.3 Å². The highest BCUT2D eigenvalue weighted by Gasteiger charge is 2.12. The first-order valence-corrected chi connectivity index (χ1v) is 8.77. The molecular formula is C14H17FN4O3S. The molecule has 2 N–H and O–H groups in total. The number of halogens is 1. The number of amides is 1. The third-order valence-corrected chi connectivity index (χ3v) is 3.71. The highest BCUT2D eigenvalue weighted by Crippen LogP contribution is 2.12. The van der Waals surface area contributed by atoms with Gasteiger partial charge in [-0.1, -0.05) is 0 Å². The lowest BCUT2D eigenvalue weighted by Gasteiger charge is -2.09.